The average Bonchev–Trinajstić information content (AvgIpc) is 3.11. The SMILES string of the molecule is Cc1cc(Nc2ncn(-c3ccccn3)n2)cc(N2CCN(C)CC2)c1. The minimum absolute atomic E-state index is 0.561. The van der Waals surface area contributed by atoms with Gasteiger partial charge < -0.3 is 15.1 Å². The molecule has 0 amide bonds. The summed E-state index contributed by atoms with van der Waals surface area (Å²) in [6.45, 7) is 6.39. The number of aromatic nitrogens is 4. The van der Waals surface area contributed by atoms with E-state index in [2.05, 4.69) is 62.4 Å². The van der Waals surface area contributed by atoms with Crippen molar-refractivity contribution in [2.75, 3.05) is 43.4 Å². The van der Waals surface area contributed by atoms with Gasteiger partial charge in [-0.15, -0.1) is 5.10 Å². The molecule has 1 aliphatic heterocycles. The van der Waals surface area contributed by atoms with Gasteiger partial charge in [-0.05, 0) is 49.9 Å². The second-order valence-corrected chi connectivity index (χ2v) is 6.67. The Morgan fingerprint density at radius 2 is 1.85 bits per heavy atom. The van der Waals surface area contributed by atoms with E-state index in [-0.39, 0.29) is 0 Å². The molecular weight excluding hydrogens is 326 g/mol. The molecule has 4 rings (SSSR count). The van der Waals surface area contributed by atoms with E-state index in [1.54, 1.807) is 17.2 Å². The standard InChI is InChI=1S/C19H23N7/c1-15-11-16(13-17(12-15)25-9-7-24(2)8-10-25)22-19-21-14-26(23-19)18-5-3-4-6-20-18/h3-6,11-14H,7-10H2,1-2H3,(H,22,23). The van der Waals surface area contributed by atoms with E-state index >= 15 is 0 Å². The summed E-state index contributed by atoms with van der Waals surface area (Å²) in [6, 6.07) is 12.2. The highest BCUT2D eigenvalue weighted by atomic mass is 15.4. The molecule has 134 valence electrons. The van der Waals surface area contributed by atoms with Gasteiger partial charge in [0.25, 0.3) is 0 Å². The third-order valence-corrected chi connectivity index (χ3v) is 4.56. The highest BCUT2D eigenvalue weighted by molar-refractivity contribution is 5.64. The van der Waals surface area contributed by atoms with E-state index < -0.39 is 0 Å². The predicted molar refractivity (Wildman–Crippen MR) is 103 cm³/mol. The molecular formula is C19H23N7. The van der Waals surface area contributed by atoms with Gasteiger partial charge in [0, 0.05) is 43.8 Å². The number of nitrogens with zero attached hydrogens (tertiary/aromatic N) is 6. The van der Waals surface area contributed by atoms with Crippen molar-refractivity contribution in [3.63, 3.8) is 0 Å². The molecule has 26 heavy (non-hydrogen) atoms. The number of hydrogen-bond acceptors (Lipinski definition) is 6. The van der Waals surface area contributed by atoms with Crippen LogP contribution in [0.15, 0.2) is 48.9 Å². The van der Waals surface area contributed by atoms with Crippen LogP contribution in [0.2, 0.25) is 0 Å². The van der Waals surface area contributed by atoms with Gasteiger partial charge in [0.2, 0.25) is 5.95 Å². The van der Waals surface area contributed by atoms with E-state index in [1.807, 2.05) is 18.2 Å². The van der Waals surface area contributed by atoms with Crippen LogP contribution in [0.1, 0.15) is 5.56 Å². The highest BCUT2D eigenvalue weighted by Crippen LogP contribution is 2.25. The summed E-state index contributed by atoms with van der Waals surface area (Å²) in [7, 11) is 2.17. The molecule has 7 heteroatoms. The van der Waals surface area contributed by atoms with Crippen LogP contribution >= 0.6 is 0 Å². The number of aryl methyl sites for hydroxylation is 1. The zero-order chi connectivity index (χ0) is 17.9. The van der Waals surface area contributed by atoms with E-state index in [4.69, 9.17) is 0 Å². The third-order valence-electron chi connectivity index (χ3n) is 4.56. The molecule has 0 atom stereocenters. The van der Waals surface area contributed by atoms with Gasteiger partial charge in [0.1, 0.15) is 6.33 Å². The summed E-state index contributed by atoms with van der Waals surface area (Å²) < 4.78 is 1.67. The van der Waals surface area contributed by atoms with Gasteiger partial charge in [0.15, 0.2) is 5.82 Å². The Bertz CT molecular complexity index is 867. The molecule has 0 unspecified atom stereocenters. The Kier molecular flexibility index (Phi) is 4.53. The highest BCUT2D eigenvalue weighted by Gasteiger charge is 2.15. The van der Waals surface area contributed by atoms with Gasteiger partial charge in [-0.1, -0.05) is 6.07 Å². The maximum atomic E-state index is 4.47. The number of pyridine rings is 1. The van der Waals surface area contributed by atoms with Crippen LogP contribution in [-0.2, 0) is 0 Å². The molecule has 1 aromatic carbocycles. The van der Waals surface area contributed by atoms with E-state index in [9.17, 15) is 0 Å². The molecule has 3 heterocycles. The van der Waals surface area contributed by atoms with E-state index in [1.165, 1.54) is 11.3 Å². The molecule has 0 bridgehead atoms. The summed E-state index contributed by atoms with van der Waals surface area (Å²) >= 11 is 0. The molecule has 0 radical (unpaired) electrons. The first-order valence-electron chi connectivity index (χ1n) is 8.83. The molecule has 7 nitrogen and oxygen atoms in total. The quantitative estimate of drug-likeness (QED) is 0.781. The minimum Gasteiger partial charge on any atom is -0.369 e. The number of hydrogen-bond donors (Lipinski definition) is 1. The van der Waals surface area contributed by atoms with E-state index in [0.717, 1.165) is 37.7 Å². The smallest absolute Gasteiger partial charge is 0.247 e. The maximum absolute atomic E-state index is 4.47. The van der Waals surface area contributed by atoms with Crippen molar-refractivity contribution in [1.29, 1.82) is 0 Å². The molecule has 0 saturated carbocycles. The predicted octanol–water partition coefficient (Wildman–Crippen LogP) is 2.47. The van der Waals surface area contributed by atoms with E-state index in [0.29, 0.717) is 5.95 Å². The van der Waals surface area contributed by atoms with Gasteiger partial charge in [-0.3, -0.25) is 0 Å². The zero-order valence-corrected chi connectivity index (χ0v) is 15.1. The molecule has 2 aromatic heterocycles. The summed E-state index contributed by atoms with van der Waals surface area (Å²) in [4.78, 5) is 13.4. The van der Waals surface area contributed by atoms with Crippen LogP contribution in [0, 0.1) is 6.92 Å². The lowest BCUT2D eigenvalue weighted by molar-refractivity contribution is 0.313. The lowest BCUT2D eigenvalue weighted by Crippen LogP contribution is -2.44. The fourth-order valence-corrected chi connectivity index (χ4v) is 3.13. The van der Waals surface area contributed by atoms with Crippen molar-refractivity contribution in [2.24, 2.45) is 0 Å². The first kappa shape index (κ1) is 16.5. The lowest BCUT2D eigenvalue weighted by Gasteiger charge is -2.34. The van der Waals surface area contributed by atoms with Crippen molar-refractivity contribution in [1.82, 2.24) is 24.6 Å². The molecule has 1 N–H and O–H groups in total. The second-order valence-electron chi connectivity index (χ2n) is 6.67. The summed E-state index contributed by atoms with van der Waals surface area (Å²) in [5, 5.41) is 7.78. The van der Waals surface area contributed by atoms with Crippen LogP contribution in [0.3, 0.4) is 0 Å². The summed E-state index contributed by atoms with van der Waals surface area (Å²) in [5.41, 5.74) is 3.45. The molecule has 3 aromatic rings. The molecule has 0 aliphatic carbocycles. The first-order valence-corrected chi connectivity index (χ1v) is 8.83. The molecule has 0 spiro atoms. The number of likely N-dealkylation sites (N-methyl/N-ethyl adjacent to an activating group) is 1. The van der Waals surface area contributed by atoms with Gasteiger partial charge in [-0.25, -0.2) is 9.67 Å². The van der Waals surface area contributed by atoms with Gasteiger partial charge in [0.05, 0.1) is 0 Å². The van der Waals surface area contributed by atoms with Crippen LogP contribution in [0.4, 0.5) is 17.3 Å². The fourth-order valence-electron chi connectivity index (χ4n) is 3.13. The number of piperazine rings is 1. The number of nitrogens with one attached hydrogen (secondary N) is 1. The van der Waals surface area contributed by atoms with Crippen LogP contribution in [0.25, 0.3) is 5.82 Å². The topological polar surface area (TPSA) is 62.1 Å². The van der Waals surface area contributed by atoms with Crippen LogP contribution < -0.4 is 10.2 Å². The normalized spacial score (nSPS) is 15.2. The number of benzene rings is 1. The molecule has 1 saturated heterocycles. The van der Waals surface area contributed by atoms with Crippen molar-refractivity contribution in [3.8, 4) is 5.82 Å². The number of anilines is 3. The first-order chi connectivity index (χ1) is 12.7. The minimum atomic E-state index is 0.561. The average molecular weight is 349 g/mol. The van der Waals surface area contributed by atoms with Crippen molar-refractivity contribution >= 4 is 17.3 Å². The molecule has 1 aliphatic rings. The van der Waals surface area contributed by atoms with Gasteiger partial charge in [-0.2, -0.15) is 4.98 Å². The number of rotatable bonds is 4. The Balaban J connectivity index is 1.52. The van der Waals surface area contributed by atoms with Crippen molar-refractivity contribution in [2.45, 2.75) is 6.92 Å². The zero-order valence-electron chi connectivity index (χ0n) is 15.1. The lowest BCUT2D eigenvalue weighted by atomic mass is 10.1. The molecule has 1 fully saturated rings. The maximum Gasteiger partial charge on any atom is 0.247 e. The second kappa shape index (κ2) is 7.13. The summed E-state index contributed by atoms with van der Waals surface area (Å²) in [5.74, 6) is 1.31. The van der Waals surface area contributed by atoms with Gasteiger partial charge >= 0.3 is 0 Å². The Morgan fingerprint density at radius 3 is 2.62 bits per heavy atom. The fraction of sp³-hybridized carbons (Fsp3) is 0.316. The largest absolute Gasteiger partial charge is 0.369 e. The Morgan fingerprint density at radius 1 is 1.00 bits per heavy atom. The Hall–Kier alpha value is -2.93. The Labute approximate surface area is 153 Å². The third kappa shape index (κ3) is 3.67. The van der Waals surface area contributed by atoms with Crippen LogP contribution in [-0.4, -0.2) is 57.9 Å². The van der Waals surface area contributed by atoms with Crippen molar-refractivity contribution in [3.05, 3.63) is 54.5 Å². The summed E-state index contributed by atoms with van der Waals surface area (Å²) in [6.07, 6.45) is 3.41. The monoisotopic (exact) mass is 349 g/mol. The van der Waals surface area contributed by atoms with Crippen LogP contribution in [0.5, 0.6) is 0 Å². The van der Waals surface area contributed by atoms with Crippen molar-refractivity contribution < 1.29 is 0 Å².